The Morgan fingerprint density at radius 2 is 2.38 bits per heavy atom. The van der Waals surface area contributed by atoms with Crippen LogP contribution in [0.25, 0.3) is 5.65 Å². The fourth-order valence-electron chi connectivity index (χ4n) is 1.37. The quantitative estimate of drug-likeness (QED) is 0.694. The molecule has 2 rings (SSSR count). The van der Waals surface area contributed by atoms with E-state index in [1.54, 1.807) is 6.20 Å². The van der Waals surface area contributed by atoms with E-state index in [0.29, 0.717) is 0 Å². The van der Waals surface area contributed by atoms with Gasteiger partial charge in [0.2, 0.25) is 0 Å². The van der Waals surface area contributed by atoms with Gasteiger partial charge in [0.05, 0.1) is 12.6 Å². The molecule has 0 aromatic carbocycles. The van der Waals surface area contributed by atoms with Crippen LogP contribution in [0.15, 0.2) is 30.6 Å². The number of hydrogen-bond donors (Lipinski definition) is 2. The normalized spacial score (nSPS) is 13.4. The summed E-state index contributed by atoms with van der Waals surface area (Å²) in [5.41, 5.74) is 7.44. The van der Waals surface area contributed by atoms with Gasteiger partial charge in [0, 0.05) is 18.1 Å². The molecule has 0 saturated heterocycles. The second-order valence-corrected chi connectivity index (χ2v) is 2.90. The SMILES string of the molecule is NC(CO)c1cccc2nccn12. The maximum Gasteiger partial charge on any atom is 0.136 e. The highest BCUT2D eigenvalue weighted by atomic mass is 16.3. The molecule has 0 bridgehead atoms. The molecule has 0 fully saturated rings. The lowest BCUT2D eigenvalue weighted by Crippen LogP contribution is -2.17. The minimum absolute atomic E-state index is 0.0582. The van der Waals surface area contributed by atoms with E-state index in [0.717, 1.165) is 11.3 Å². The van der Waals surface area contributed by atoms with Crippen LogP contribution in [0.5, 0.6) is 0 Å². The topological polar surface area (TPSA) is 63.5 Å². The lowest BCUT2D eigenvalue weighted by Gasteiger charge is -2.10. The summed E-state index contributed by atoms with van der Waals surface area (Å²) < 4.78 is 1.88. The maximum atomic E-state index is 8.93. The minimum atomic E-state index is -0.349. The monoisotopic (exact) mass is 177 g/mol. The number of aliphatic hydroxyl groups excluding tert-OH is 1. The molecule has 4 heteroatoms. The molecule has 2 aromatic heterocycles. The van der Waals surface area contributed by atoms with Gasteiger partial charge in [-0.2, -0.15) is 0 Å². The molecule has 68 valence electrons. The van der Waals surface area contributed by atoms with E-state index in [-0.39, 0.29) is 12.6 Å². The highest BCUT2D eigenvalue weighted by Crippen LogP contribution is 2.11. The van der Waals surface area contributed by atoms with Gasteiger partial charge in [-0.05, 0) is 12.1 Å². The number of rotatable bonds is 2. The molecule has 0 aliphatic heterocycles. The van der Waals surface area contributed by atoms with Crippen LogP contribution in [0.3, 0.4) is 0 Å². The summed E-state index contributed by atoms with van der Waals surface area (Å²) in [5.74, 6) is 0. The summed E-state index contributed by atoms with van der Waals surface area (Å²) in [6, 6.07) is 5.31. The molecule has 2 heterocycles. The zero-order valence-corrected chi connectivity index (χ0v) is 7.09. The summed E-state index contributed by atoms with van der Waals surface area (Å²) in [5, 5.41) is 8.93. The first-order valence-corrected chi connectivity index (χ1v) is 4.11. The van der Waals surface area contributed by atoms with Crippen molar-refractivity contribution >= 4 is 5.65 Å². The van der Waals surface area contributed by atoms with Crippen LogP contribution in [0.4, 0.5) is 0 Å². The fourth-order valence-corrected chi connectivity index (χ4v) is 1.37. The largest absolute Gasteiger partial charge is 0.394 e. The van der Waals surface area contributed by atoms with E-state index in [2.05, 4.69) is 4.98 Å². The first kappa shape index (κ1) is 8.22. The smallest absolute Gasteiger partial charge is 0.136 e. The number of hydrogen-bond acceptors (Lipinski definition) is 3. The molecule has 4 nitrogen and oxygen atoms in total. The molecule has 1 unspecified atom stereocenters. The highest BCUT2D eigenvalue weighted by Gasteiger charge is 2.07. The molecule has 0 saturated carbocycles. The summed E-state index contributed by atoms with van der Waals surface area (Å²) in [4.78, 5) is 4.12. The third kappa shape index (κ3) is 1.30. The van der Waals surface area contributed by atoms with Gasteiger partial charge >= 0.3 is 0 Å². The summed E-state index contributed by atoms with van der Waals surface area (Å²) in [6.45, 7) is -0.0582. The molecule has 13 heavy (non-hydrogen) atoms. The molecule has 0 aliphatic carbocycles. The van der Waals surface area contributed by atoms with Gasteiger partial charge in [0.15, 0.2) is 0 Å². The Balaban J connectivity index is 2.60. The maximum absolute atomic E-state index is 8.93. The van der Waals surface area contributed by atoms with Crippen molar-refractivity contribution in [3.63, 3.8) is 0 Å². The van der Waals surface area contributed by atoms with Crippen molar-refractivity contribution in [2.45, 2.75) is 6.04 Å². The first-order chi connectivity index (χ1) is 6.33. The van der Waals surface area contributed by atoms with Crippen LogP contribution in [-0.2, 0) is 0 Å². The zero-order valence-electron chi connectivity index (χ0n) is 7.09. The van der Waals surface area contributed by atoms with E-state index in [9.17, 15) is 0 Å². The number of nitrogens with two attached hydrogens (primary N) is 1. The van der Waals surface area contributed by atoms with Crippen molar-refractivity contribution in [1.29, 1.82) is 0 Å². The summed E-state index contributed by atoms with van der Waals surface area (Å²) >= 11 is 0. The molecule has 3 N–H and O–H groups in total. The second-order valence-electron chi connectivity index (χ2n) is 2.90. The zero-order chi connectivity index (χ0) is 9.26. The average Bonchev–Trinajstić information content (AvgIpc) is 2.63. The van der Waals surface area contributed by atoms with Gasteiger partial charge in [-0.3, -0.25) is 0 Å². The lowest BCUT2D eigenvalue weighted by atomic mass is 10.2. The summed E-state index contributed by atoms with van der Waals surface area (Å²) in [6.07, 6.45) is 3.54. The Labute approximate surface area is 75.6 Å². The van der Waals surface area contributed by atoms with Gasteiger partial charge in [-0.1, -0.05) is 6.07 Å². The molecule has 0 amide bonds. The Kier molecular flexibility index (Phi) is 2.00. The minimum Gasteiger partial charge on any atom is -0.394 e. The van der Waals surface area contributed by atoms with Gasteiger partial charge in [-0.25, -0.2) is 4.98 Å². The Morgan fingerprint density at radius 3 is 3.15 bits per heavy atom. The first-order valence-electron chi connectivity index (χ1n) is 4.11. The van der Waals surface area contributed by atoms with Crippen molar-refractivity contribution < 1.29 is 5.11 Å². The highest BCUT2D eigenvalue weighted by molar-refractivity contribution is 5.40. The van der Waals surface area contributed by atoms with Crippen LogP contribution >= 0.6 is 0 Å². The predicted octanol–water partition coefficient (Wildman–Crippen LogP) is 0.326. The van der Waals surface area contributed by atoms with Crippen molar-refractivity contribution in [1.82, 2.24) is 9.38 Å². The number of aromatic nitrogens is 2. The number of pyridine rings is 1. The molecule has 1 atom stereocenters. The fraction of sp³-hybridized carbons (Fsp3) is 0.222. The number of aliphatic hydroxyl groups is 1. The van der Waals surface area contributed by atoms with E-state index in [1.807, 2.05) is 28.8 Å². The average molecular weight is 177 g/mol. The third-order valence-corrected chi connectivity index (χ3v) is 2.04. The number of fused-ring (bicyclic) bond motifs is 1. The van der Waals surface area contributed by atoms with Crippen LogP contribution in [0, 0.1) is 0 Å². The van der Waals surface area contributed by atoms with E-state index in [1.165, 1.54) is 0 Å². The standard InChI is InChI=1S/C9H11N3O/c10-7(6-13)8-2-1-3-9-11-4-5-12(8)9/h1-5,7,13H,6,10H2. The van der Waals surface area contributed by atoms with Gasteiger partial charge < -0.3 is 15.2 Å². The van der Waals surface area contributed by atoms with Gasteiger partial charge in [0.1, 0.15) is 5.65 Å². The number of imidazole rings is 1. The Morgan fingerprint density at radius 1 is 1.54 bits per heavy atom. The molecular weight excluding hydrogens is 166 g/mol. The van der Waals surface area contributed by atoms with Crippen LogP contribution in [0.2, 0.25) is 0 Å². The van der Waals surface area contributed by atoms with E-state index >= 15 is 0 Å². The lowest BCUT2D eigenvalue weighted by molar-refractivity contribution is 0.265. The van der Waals surface area contributed by atoms with Crippen molar-refractivity contribution in [3.05, 3.63) is 36.3 Å². The molecule has 2 aromatic rings. The molecule has 0 radical (unpaired) electrons. The van der Waals surface area contributed by atoms with Gasteiger partial charge in [-0.15, -0.1) is 0 Å². The summed E-state index contributed by atoms with van der Waals surface area (Å²) in [7, 11) is 0. The molecule has 0 spiro atoms. The third-order valence-electron chi connectivity index (χ3n) is 2.04. The Bertz CT molecular complexity index is 410. The Hall–Kier alpha value is -1.39. The van der Waals surface area contributed by atoms with Crippen molar-refractivity contribution in [3.8, 4) is 0 Å². The van der Waals surface area contributed by atoms with Crippen LogP contribution in [-0.4, -0.2) is 21.1 Å². The van der Waals surface area contributed by atoms with Crippen molar-refractivity contribution in [2.75, 3.05) is 6.61 Å². The predicted molar refractivity (Wildman–Crippen MR) is 49.2 cm³/mol. The van der Waals surface area contributed by atoms with Gasteiger partial charge in [0.25, 0.3) is 0 Å². The number of nitrogens with zero attached hydrogens (tertiary/aromatic N) is 2. The van der Waals surface area contributed by atoms with Crippen LogP contribution in [0.1, 0.15) is 11.7 Å². The van der Waals surface area contributed by atoms with Crippen LogP contribution < -0.4 is 5.73 Å². The van der Waals surface area contributed by atoms with Crippen molar-refractivity contribution in [2.24, 2.45) is 5.73 Å². The van der Waals surface area contributed by atoms with E-state index < -0.39 is 0 Å². The molecule has 0 aliphatic rings. The molecular formula is C9H11N3O. The second kappa shape index (κ2) is 3.16. The van der Waals surface area contributed by atoms with E-state index in [4.69, 9.17) is 10.8 Å².